The first-order valence-electron chi connectivity index (χ1n) is 22.6. The van der Waals surface area contributed by atoms with Crippen molar-refractivity contribution in [3.8, 4) is 0 Å². The number of benzene rings is 4. The summed E-state index contributed by atoms with van der Waals surface area (Å²) in [4.78, 5) is 13.8. The highest BCUT2D eigenvalue weighted by Gasteiger charge is 2.61. The molecule has 0 amide bonds. The number of para-hydroxylation sites is 1. The molecule has 2 aromatic heterocycles. The van der Waals surface area contributed by atoms with Gasteiger partial charge in [0.05, 0.1) is 10.9 Å². The van der Waals surface area contributed by atoms with E-state index in [1.54, 1.807) is 0 Å². The van der Waals surface area contributed by atoms with Crippen LogP contribution in [0.1, 0.15) is 103 Å². The summed E-state index contributed by atoms with van der Waals surface area (Å²) < 4.78 is 9.41. The Hall–Kier alpha value is -6.46. The Morgan fingerprint density at radius 1 is 0.774 bits per heavy atom. The summed E-state index contributed by atoms with van der Waals surface area (Å²) >= 11 is 0. The molecule has 5 unspecified atom stereocenters. The van der Waals surface area contributed by atoms with E-state index < -0.39 is 5.41 Å². The standard InChI is InChI=1S/C57H52N4O/c1-35-27-29-38(30-28-35)53-58-55(59-54(60(53)5)46-32-36(2)31-45-42-24-16-17-37(3)51(42)62-52(45)46)61-49-26-15-13-22-41(49)44-33-48-43-23-12-14-25-47(43)57(39-18-8-6-9-19-39,40-20-10-7-11-21-40)56(48,4)34-50(44)61/h6-16,18-27,29-30,32-33,35-37,54H,17,28,31,34H2,1-5H3. The van der Waals surface area contributed by atoms with Gasteiger partial charge in [-0.25, -0.2) is 4.99 Å². The van der Waals surface area contributed by atoms with Gasteiger partial charge in [0.15, 0.2) is 6.17 Å². The molecule has 0 saturated heterocycles. The first kappa shape index (κ1) is 37.3. The number of aromatic nitrogens is 1. The van der Waals surface area contributed by atoms with Gasteiger partial charge in [-0.3, -0.25) is 4.57 Å². The third kappa shape index (κ3) is 5.14. The second-order valence-corrected chi connectivity index (χ2v) is 18.9. The van der Waals surface area contributed by atoms with Crippen LogP contribution >= 0.6 is 0 Å². The Kier molecular flexibility index (Phi) is 8.29. The van der Waals surface area contributed by atoms with Crippen LogP contribution in [0.15, 0.2) is 160 Å². The van der Waals surface area contributed by atoms with Crippen molar-refractivity contribution >= 4 is 46.0 Å². The Morgan fingerprint density at radius 3 is 2.26 bits per heavy atom. The van der Waals surface area contributed by atoms with Gasteiger partial charge in [0.25, 0.3) is 0 Å². The number of hydrogen-bond donors (Lipinski definition) is 0. The summed E-state index contributed by atoms with van der Waals surface area (Å²) in [5, 5.41) is 1.22. The lowest BCUT2D eigenvalue weighted by Gasteiger charge is -2.48. The van der Waals surface area contributed by atoms with E-state index in [-0.39, 0.29) is 11.6 Å². The quantitative estimate of drug-likeness (QED) is 0.178. The first-order valence-corrected chi connectivity index (χ1v) is 22.6. The Labute approximate surface area is 364 Å². The van der Waals surface area contributed by atoms with Crippen molar-refractivity contribution in [2.75, 3.05) is 7.05 Å². The molecule has 5 heteroatoms. The van der Waals surface area contributed by atoms with Crippen molar-refractivity contribution < 1.29 is 4.42 Å². The number of aliphatic imine (C=N–C) groups is 2. The molecule has 0 saturated carbocycles. The predicted molar refractivity (Wildman–Crippen MR) is 255 cm³/mol. The molecular weight excluding hydrogens is 757 g/mol. The van der Waals surface area contributed by atoms with Gasteiger partial charge in [0.2, 0.25) is 5.96 Å². The van der Waals surface area contributed by atoms with E-state index in [0.717, 1.165) is 65.7 Å². The van der Waals surface area contributed by atoms with Gasteiger partial charge < -0.3 is 9.32 Å². The minimum atomic E-state index is -0.458. The fraction of sp³-hybridized carbons (Fsp3) is 0.263. The van der Waals surface area contributed by atoms with E-state index in [1.165, 1.54) is 55.6 Å². The highest BCUT2D eigenvalue weighted by molar-refractivity contribution is 6.13. The molecule has 1 aliphatic heterocycles. The fourth-order valence-electron chi connectivity index (χ4n) is 12.2. The predicted octanol–water partition coefficient (Wildman–Crippen LogP) is 12.9. The van der Waals surface area contributed by atoms with Crippen molar-refractivity contribution in [3.63, 3.8) is 0 Å². The average Bonchev–Trinajstić information content (AvgIpc) is 3.90. The number of nitrogens with zero attached hydrogens (tertiary/aromatic N) is 4. The van der Waals surface area contributed by atoms with Gasteiger partial charge in [-0.1, -0.05) is 167 Å². The highest BCUT2D eigenvalue weighted by Crippen LogP contribution is 2.67. The Balaban J connectivity index is 1.11. The molecule has 6 aromatic rings. The van der Waals surface area contributed by atoms with Crippen LogP contribution in [0.5, 0.6) is 0 Å². The van der Waals surface area contributed by atoms with Gasteiger partial charge in [-0.05, 0) is 77.5 Å². The largest absolute Gasteiger partial charge is 0.460 e. The molecule has 0 N–H and O–H groups in total. The van der Waals surface area contributed by atoms with E-state index in [1.807, 2.05) is 0 Å². The van der Waals surface area contributed by atoms with Gasteiger partial charge in [0.1, 0.15) is 17.4 Å². The van der Waals surface area contributed by atoms with Crippen LogP contribution in [0.4, 0.5) is 0 Å². The average molecular weight is 809 g/mol. The summed E-state index contributed by atoms with van der Waals surface area (Å²) in [5.41, 5.74) is 14.3. The molecule has 0 fully saturated rings. The molecule has 4 aromatic carbocycles. The molecule has 6 aliphatic rings. The zero-order valence-corrected chi connectivity index (χ0v) is 36.3. The van der Waals surface area contributed by atoms with Crippen molar-refractivity contribution in [1.82, 2.24) is 9.47 Å². The zero-order valence-electron chi connectivity index (χ0n) is 36.3. The van der Waals surface area contributed by atoms with Crippen LogP contribution in [-0.2, 0) is 18.3 Å². The summed E-state index contributed by atoms with van der Waals surface area (Å²) in [6, 6.07) is 40.5. The summed E-state index contributed by atoms with van der Waals surface area (Å²) in [6.07, 6.45) is 19.9. The van der Waals surface area contributed by atoms with E-state index in [9.17, 15) is 0 Å². The topological polar surface area (TPSA) is 46.0 Å². The number of rotatable bonds is 4. The molecule has 5 aliphatic carbocycles. The summed E-state index contributed by atoms with van der Waals surface area (Å²) in [7, 11) is 2.17. The minimum absolute atomic E-state index is 0.339. The van der Waals surface area contributed by atoms with Crippen molar-refractivity contribution in [2.24, 2.45) is 27.2 Å². The maximum atomic E-state index is 6.98. The fourth-order valence-corrected chi connectivity index (χ4v) is 12.2. The number of allylic oxidation sites excluding steroid dienone is 5. The maximum absolute atomic E-state index is 6.98. The van der Waals surface area contributed by atoms with E-state index >= 15 is 0 Å². The van der Waals surface area contributed by atoms with Crippen LogP contribution in [-0.4, -0.2) is 34.5 Å². The number of amidine groups is 1. The van der Waals surface area contributed by atoms with Crippen LogP contribution in [0.3, 0.4) is 0 Å². The van der Waals surface area contributed by atoms with E-state index in [4.69, 9.17) is 14.4 Å². The Bertz CT molecular complexity index is 3020. The second kappa shape index (κ2) is 13.8. The molecule has 5 nitrogen and oxygen atoms in total. The van der Waals surface area contributed by atoms with Crippen molar-refractivity contribution in [1.29, 1.82) is 0 Å². The molecule has 12 rings (SSSR count). The van der Waals surface area contributed by atoms with Gasteiger partial charge in [0, 0.05) is 57.3 Å². The van der Waals surface area contributed by atoms with Crippen LogP contribution in [0.25, 0.3) is 34.2 Å². The smallest absolute Gasteiger partial charge is 0.234 e. The van der Waals surface area contributed by atoms with Crippen LogP contribution < -0.4 is 0 Å². The number of likely N-dealkylation sites (N-methyl/N-ethyl adjacent to an activating group) is 1. The molecule has 306 valence electrons. The van der Waals surface area contributed by atoms with E-state index in [0.29, 0.717) is 17.8 Å². The van der Waals surface area contributed by atoms with Gasteiger partial charge in [-0.2, -0.15) is 4.99 Å². The third-order valence-corrected chi connectivity index (χ3v) is 15.0. The normalized spacial score (nSPS) is 25.4. The number of furan rings is 1. The van der Waals surface area contributed by atoms with Crippen LogP contribution in [0, 0.1) is 17.3 Å². The highest BCUT2D eigenvalue weighted by atomic mass is 16.3. The Morgan fingerprint density at radius 2 is 1.50 bits per heavy atom. The molecular formula is C57H52N4O. The van der Waals surface area contributed by atoms with Crippen LogP contribution in [0.2, 0.25) is 0 Å². The first-order chi connectivity index (χ1) is 30.3. The zero-order chi connectivity index (χ0) is 41.9. The molecule has 0 bridgehead atoms. The van der Waals surface area contributed by atoms with E-state index in [2.05, 4.69) is 196 Å². The third-order valence-electron chi connectivity index (χ3n) is 15.0. The van der Waals surface area contributed by atoms with Gasteiger partial charge >= 0.3 is 0 Å². The lowest BCUT2D eigenvalue weighted by atomic mass is 9.54. The number of fused-ring (bicyclic) bond motifs is 9. The second-order valence-electron chi connectivity index (χ2n) is 18.9. The summed E-state index contributed by atoms with van der Waals surface area (Å²) in [6.45, 7) is 9.41. The lowest BCUT2D eigenvalue weighted by molar-refractivity contribution is 0.312. The molecule has 3 heterocycles. The monoisotopic (exact) mass is 808 g/mol. The molecule has 62 heavy (non-hydrogen) atoms. The lowest BCUT2D eigenvalue weighted by Crippen LogP contribution is -2.46. The van der Waals surface area contributed by atoms with Crippen molar-refractivity contribution in [2.45, 2.75) is 70.9 Å². The minimum Gasteiger partial charge on any atom is -0.460 e. The molecule has 5 atom stereocenters. The maximum Gasteiger partial charge on any atom is 0.234 e. The molecule has 0 spiro atoms. The number of hydrogen-bond acceptors (Lipinski definition) is 4. The molecule has 0 radical (unpaired) electrons. The summed E-state index contributed by atoms with van der Waals surface area (Å²) in [5.74, 6) is 4.93. The SMILES string of the molecule is CC1C=CC(C2=NC(n3c4c(c5ccccc53)C=C3c5ccccc5C(c5ccccc5)(c5ccccc5)C3(C)C4)=NC(C3=CC(C)Cc4c3oc3c4C=CCC3C)N2C)=CC1. The van der Waals surface area contributed by atoms with Gasteiger partial charge in [-0.15, -0.1) is 0 Å². The van der Waals surface area contributed by atoms with Crippen molar-refractivity contribution in [3.05, 3.63) is 201 Å².